The first-order valence-electron chi connectivity index (χ1n) is 7.32. The second-order valence-electron chi connectivity index (χ2n) is 5.17. The van der Waals surface area contributed by atoms with Gasteiger partial charge in [-0.25, -0.2) is 4.79 Å². The van der Waals surface area contributed by atoms with Crippen molar-refractivity contribution in [3.63, 3.8) is 0 Å². The van der Waals surface area contributed by atoms with Gasteiger partial charge in [0.1, 0.15) is 0 Å². The fourth-order valence-corrected chi connectivity index (χ4v) is 2.88. The molecule has 132 valence electrons. The van der Waals surface area contributed by atoms with Crippen LogP contribution in [-0.4, -0.2) is 36.6 Å². The van der Waals surface area contributed by atoms with Crippen LogP contribution in [0.3, 0.4) is 0 Å². The van der Waals surface area contributed by atoms with Crippen LogP contribution in [0.15, 0.2) is 47.4 Å². The normalized spacial score (nSPS) is 11.1. The number of carboxylic acid groups (broad SMARTS) is 1. The number of hydrogen-bond acceptors (Lipinski definition) is 5. The number of hydrogen-bond donors (Lipinski definition) is 2. The second-order valence-corrected chi connectivity index (χ2v) is 6.59. The zero-order valence-electron chi connectivity index (χ0n) is 13.3. The van der Waals surface area contributed by atoms with E-state index in [1.165, 1.54) is 18.2 Å². The van der Waals surface area contributed by atoms with Crippen molar-refractivity contribution in [1.29, 1.82) is 0 Å². The topological polar surface area (TPSA) is 118 Å². The van der Waals surface area contributed by atoms with Gasteiger partial charge in [0.15, 0.2) is 0 Å². The molecule has 2 aromatic carbocycles. The minimum atomic E-state index is -4.46. The highest BCUT2D eigenvalue weighted by Gasteiger charge is 2.16. The van der Waals surface area contributed by atoms with E-state index >= 15 is 0 Å². The van der Waals surface area contributed by atoms with Crippen LogP contribution in [0.25, 0.3) is 11.1 Å². The van der Waals surface area contributed by atoms with Gasteiger partial charge in [0.05, 0.1) is 23.5 Å². The Morgan fingerprint density at radius 3 is 2.44 bits per heavy atom. The second kappa shape index (κ2) is 7.45. The Kier molecular flexibility index (Phi) is 5.55. The van der Waals surface area contributed by atoms with Gasteiger partial charge in [-0.1, -0.05) is 18.2 Å². The number of rotatable bonds is 6. The predicted octanol–water partition coefficient (Wildman–Crippen LogP) is 2.40. The summed E-state index contributed by atoms with van der Waals surface area (Å²) >= 11 is 0. The molecule has 2 aromatic rings. The Balaban J connectivity index is 2.56. The lowest BCUT2D eigenvalue weighted by molar-refractivity contribution is -0.136. The molecule has 0 radical (unpaired) electrons. The molecule has 0 aliphatic rings. The predicted molar refractivity (Wildman–Crippen MR) is 89.0 cm³/mol. The Bertz CT molecular complexity index is 916. The van der Waals surface area contributed by atoms with Crippen molar-refractivity contribution in [3.05, 3.63) is 53.6 Å². The number of benzene rings is 2. The van der Waals surface area contributed by atoms with Gasteiger partial charge in [-0.2, -0.15) is 8.42 Å². The molecule has 0 amide bonds. The van der Waals surface area contributed by atoms with Gasteiger partial charge in [0, 0.05) is 0 Å². The van der Waals surface area contributed by atoms with Crippen LogP contribution in [0.4, 0.5) is 0 Å². The molecule has 0 unspecified atom stereocenters. The van der Waals surface area contributed by atoms with E-state index in [0.29, 0.717) is 16.7 Å². The summed E-state index contributed by atoms with van der Waals surface area (Å²) in [5.74, 6) is -1.67. The largest absolute Gasteiger partial charge is 0.481 e. The summed E-state index contributed by atoms with van der Waals surface area (Å²) in [6.45, 7) is 1.90. The summed E-state index contributed by atoms with van der Waals surface area (Å²) < 4.78 is 36.6. The number of carbonyl (C=O) groups excluding carboxylic acids is 1. The van der Waals surface area contributed by atoms with Crippen molar-refractivity contribution in [2.45, 2.75) is 18.2 Å². The summed E-state index contributed by atoms with van der Waals surface area (Å²) in [6.07, 6.45) is -0.442. The quantitative estimate of drug-likeness (QED) is 0.597. The van der Waals surface area contributed by atoms with E-state index in [1.807, 2.05) is 0 Å². The Morgan fingerprint density at radius 2 is 1.84 bits per heavy atom. The molecule has 8 heteroatoms. The molecule has 0 spiro atoms. The maximum absolute atomic E-state index is 11.8. The van der Waals surface area contributed by atoms with Crippen molar-refractivity contribution in [2.24, 2.45) is 0 Å². The lowest BCUT2D eigenvalue weighted by Gasteiger charge is -2.11. The van der Waals surface area contributed by atoms with Crippen molar-refractivity contribution in [3.8, 4) is 11.1 Å². The number of ether oxygens (including phenoxy) is 1. The Hall–Kier alpha value is -2.71. The number of carbonyl (C=O) groups is 2. The fraction of sp³-hybridized carbons (Fsp3) is 0.176. The van der Waals surface area contributed by atoms with Crippen molar-refractivity contribution in [1.82, 2.24) is 0 Å². The van der Waals surface area contributed by atoms with Crippen LogP contribution in [0.5, 0.6) is 0 Å². The van der Waals surface area contributed by atoms with Crippen molar-refractivity contribution >= 4 is 22.1 Å². The Labute approximate surface area is 144 Å². The molecule has 0 saturated carbocycles. The highest BCUT2D eigenvalue weighted by molar-refractivity contribution is 7.85. The van der Waals surface area contributed by atoms with Crippen LogP contribution in [0.2, 0.25) is 0 Å². The lowest BCUT2D eigenvalue weighted by Crippen LogP contribution is -2.06. The molecule has 7 nitrogen and oxygen atoms in total. The standard InChI is InChI=1S/C17H16O7S/c1-2-24-17(20)12-5-3-4-11(8-12)15-7-6-14(25(21,22)23)9-13(15)10-16(18)19/h3-9H,2,10H2,1H3,(H,18,19)(H,21,22,23). The smallest absolute Gasteiger partial charge is 0.338 e. The molecule has 0 aliphatic carbocycles. The third-order valence-corrected chi connectivity index (χ3v) is 4.25. The fourth-order valence-electron chi connectivity index (χ4n) is 2.35. The molecule has 0 atom stereocenters. The molecule has 2 rings (SSSR count). The van der Waals surface area contributed by atoms with Gasteiger partial charge in [0.25, 0.3) is 10.1 Å². The van der Waals surface area contributed by atoms with Gasteiger partial charge in [-0.15, -0.1) is 0 Å². The van der Waals surface area contributed by atoms with Crippen LogP contribution >= 0.6 is 0 Å². The zero-order chi connectivity index (χ0) is 18.6. The lowest BCUT2D eigenvalue weighted by atomic mass is 9.96. The van der Waals surface area contributed by atoms with Gasteiger partial charge < -0.3 is 9.84 Å². The molecule has 25 heavy (non-hydrogen) atoms. The number of carboxylic acids is 1. The van der Waals surface area contributed by atoms with Gasteiger partial charge in [-0.05, 0) is 47.9 Å². The van der Waals surface area contributed by atoms with E-state index in [9.17, 15) is 18.0 Å². The van der Waals surface area contributed by atoms with Gasteiger partial charge in [-0.3, -0.25) is 9.35 Å². The van der Waals surface area contributed by atoms with E-state index in [0.717, 1.165) is 6.07 Å². The first-order valence-corrected chi connectivity index (χ1v) is 8.76. The van der Waals surface area contributed by atoms with E-state index in [1.54, 1.807) is 25.1 Å². The van der Waals surface area contributed by atoms with E-state index in [-0.39, 0.29) is 12.2 Å². The highest BCUT2D eigenvalue weighted by Crippen LogP contribution is 2.28. The molecular weight excluding hydrogens is 348 g/mol. The first kappa shape index (κ1) is 18.6. The summed E-state index contributed by atoms with van der Waals surface area (Å²) in [5, 5.41) is 9.06. The summed E-state index contributed by atoms with van der Waals surface area (Å²) in [7, 11) is -4.46. The molecular formula is C17H16O7S. The maximum atomic E-state index is 11.8. The van der Waals surface area contributed by atoms with Crippen molar-refractivity contribution < 1.29 is 32.4 Å². The maximum Gasteiger partial charge on any atom is 0.338 e. The average Bonchev–Trinajstić information content (AvgIpc) is 2.54. The summed E-state index contributed by atoms with van der Waals surface area (Å²) in [5.41, 5.74) is 1.47. The zero-order valence-corrected chi connectivity index (χ0v) is 14.1. The summed E-state index contributed by atoms with van der Waals surface area (Å²) in [6, 6.07) is 10.0. The third kappa shape index (κ3) is 4.65. The molecule has 0 heterocycles. The SMILES string of the molecule is CCOC(=O)c1cccc(-c2ccc(S(=O)(=O)O)cc2CC(=O)O)c1. The highest BCUT2D eigenvalue weighted by atomic mass is 32.2. The molecule has 2 N–H and O–H groups in total. The molecule has 0 bridgehead atoms. The van der Waals surface area contributed by atoms with Gasteiger partial charge >= 0.3 is 11.9 Å². The van der Waals surface area contributed by atoms with Crippen LogP contribution in [0, 0.1) is 0 Å². The average molecular weight is 364 g/mol. The van der Waals surface area contributed by atoms with E-state index in [4.69, 9.17) is 14.4 Å². The number of aliphatic carboxylic acids is 1. The molecule has 0 fully saturated rings. The van der Waals surface area contributed by atoms with Gasteiger partial charge in [0.2, 0.25) is 0 Å². The molecule has 0 aromatic heterocycles. The first-order chi connectivity index (χ1) is 11.7. The minimum Gasteiger partial charge on any atom is -0.481 e. The summed E-state index contributed by atoms with van der Waals surface area (Å²) in [4.78, 5) is 22.5. The van der Waals surface area contributed by atoms with E-state index in [2.05, 4.69) is 0 Å². The molecule has 0 saturated heterocycles. The van der Waals surface area contributed by atoms with Crippen LogP contribution in [0.1, 0.15) is 22.8 Å². The van der Waals surface area contributed by atoms with Crippen molar-refractivity contribution in [2.75, 3.05) is 6.61 Å². The molecule has 0 aliphatic heterocycles. The Morgan fingerprint density at radius 1 is 1.12 bits per heavy atom. The van der Waals surface area contributed by atoms with E-state index < -0.39 is 33.4 Å². The monoisotopic (exact) mass is 364 g/mol. The number of esters is 1. The van der Waals surface area contributed by atoms with Crippen LogP contribution < -0.4 is 0 Å². The minimum absolute atomic E-state index is 0.198. The third-order valence-electron chi connectivity index (χ3n) is 3.40. The van der Waals surface area contributed by atoms with Crippen LogP contribution in [-0.2, 0) is 26.1 Å².